The van der Waals surface area contributed by atoms with E-state index in [1.54, 1.807) is 11.3 Å². The number of fused-ring (bicyclic) bond motifs is 1. The molecular weight excluding hydrogens is 290 g/mol. The van der Waals surface area contributed by atoms with Crippen molar-refractivity contribution >= 4 is 22.1 Å². The molecule has 0 spiro atoms. The predicted octanol–water partition coefficient (Wildman–Crippen LogP) is 5.66. The zero-order valence-electron chi connectivity index (χ0n) is 13.5. The molecule has 0 saturated carbocycles. The molecule has 0 fully saturated rings. The van der Waals surface area contributed by atoms with Crippen molar-refractivity contribution < 1.29 is 4.74 Å². The van der Waals surface area contributed by atoms with Gasteiger partial charge in [-0.25, -0.2) is 4.98 Å². The number of benzene rings is 2. The second kappa shape index (κ2) is 5.73. The van der Waals surface area contributed by atoms with E-state index in [-0.39, 0.29) is 5.41 Å². The van der Waals surface area contributed by atoms with Crippen molar-refractivity contribution in [3.63, 3.8) is 0 Å². The molecule has 0 amide bonds. The fraction of sp³-hybridized carbons (Fsp3) is 0.316. The van der Waals surface area contributed by atoms with Crippen LogP contribution in [0.2, 0.25) is 0 Å². The average molecular weight is 311 g/mol. The van der Waals surface area contributed by atoms with Gasteiger partial charge < -0.3 is 4.74 Å². The van der Waals surface area contributed by atoms with E-state index in [0.717, 1.165) is 16.8 Å². The standard InChI is InChI=1S/C19H21NOS/c1-5-21-17-11-7-8-13-14(9-6-10-15(13)17)16-12-22-18(20-16)19(2,3)4/h6-12H,5H2,1-4H3. The number of ether oxygens (including phenoxy) is 1. The lowest BCUT2D eigenvalue weighted by Crippen LogP contribution is -2.10. The largest absolute Gasteiger partial charge is 0.493 e. The second-order valence-electron chi connectivity index (χ2n) is 6.38. The maximum absolute atomic E-state index is 5.75. The summed E-state index contributed by atoms with van der Waals surface area (Å²) >= 11 is 1.73. The molecule has 0 unspecified atom stereocenters. The topological polar surface area (TPSA) is 22.1 Å². The van der Waals surface area contributed by atoms with Crippen LogP contribution in [-0.4, -0.2) is 11.6 Å². The number of thiazole rings is 1. The van der Waals surface area contributed by atoms with Crippen LogP contribution in [-0.2, 0) is 5.41 Å². The first kappa shape index (κ1) is 15.0. The molecule has 0 aliphatic heterocycles. The molecule has 0 N–H and O–H groups in total. The van der Waals surface area contributed by atoms with Crippen LogP contribution in [0.15, 0.2) is 41.8 Å². The van der Waals surface area contributed by atoms with E-state index < -0.39 is 0 Å². The van der Waals surface area contributed by atoms with Crippen molar-refractivity contribution in [1.29, 1.82) is 0 Å². The van der Waals surface area contributed by atoms with Gasteiger partial charge in [-0.3, -0.25) is 0 Å². The SMILES string of the molecule is CCOc1cccc2c(-c3csc(C(C)(C)C)n3)cccc12. The molecule has 0 radical (unpaired) electrons. The summed E-state index contributed by atoms with van der Waals surface area (Å²) in [4.78, 5) is 4.86. The lowest BCUT2D eigenvalue weighted by Gasteiger charge is -2.14. The van der Waals surface area contributed by atoms with Gasteiger partial charge in [-0.1, -0.05) is 51.1 Å². The molecule has 0 atom stereocenters. The first-order valence-corrected chi connectivity index (χ1v) is 8.49. The molecule has 0 aliphatic rings. The molecule has 2 aromatic carbocycles. The maximum Gasteiger partial charge on any atom is 0.127 e. The highest BCUT2D eigenvalue weighted by molar-refractivity contribution is 7.10. The zero-order valence-corrected chi connectivity index (χ0v) is 14.3. The molecule has 1 aromatic heterocycles. The average Bonchev–Trinajstić information content (AvgIpc) is 2.97. The monoisotopic (exact) mass is 311 g/mol. The summed E-state index contributed by atoms with van der Waals surface area (Å²) in [7, 11) is 0. The summed E-state index contributed by atoms with van der Waals surface area (Å²) in [5.74, 6) is 0.938. The van der Waals surface area contributed by atoms with Gasteiger partial charge in [-0.15, -0.1) is 11.3 Å². The summed E-state index contributed by atoms with van der Waals surface area (Å²) < 4.78 is 5.75. The second-order valence-corrected chi connectivity index (χ2v) is 7.24. The van der Waals surface area contributed by atoms with Crippen LogP contribution in [0.4, 0.5) is 0 Å². The van der Waals surface area contributed by atoms with Gasteiger partial charge in [0.25, 0.3) is 0 Å². The summed E-state index contributed by atoms with van der Waals surface area (Å²) in [6.45, 7) is 9.29. The molecule has 114 valence electrons. The minimum Gasteiger partial charge on any atom is -0.493 e. The van der Waals surface area contributed by atoms with E-state index in [9.17, 15) is 0 Å². The Morgan fingerprint density at radius 1 is 1.05 bits per heavy atom. The lowest BCUT2D eigenvalue weighted by molar-refractivity contribution is 0.344. The normalized spacial score (nSPS) is 11.8. The Morgan fingerprint density at radius 3 is 2.45 bits per heavy atom. The van der Waals surface area contributed by atoms with E-state index in [4.69, 9.17) is 9.72 Å². The van der Waals surface area contributed by atoms with Crippen LogP contribution in [0.3, 0.4) is 0 Å². The number of nitrogens with zero attached hydrogens (tertiary/aromatic N) is 1. The fourth-order valence-electron chi connectivity index (χ4n) is 2.53. The quantitative estimate of drug-likeness (QED) is 0.622. The Labute approximate surface area is 135 Å². The van der Waals surface area contributed by atoms with Gasteiger partial charge in [0.05, 0.1) is 17.3 Å². The minimum atomic E-state index is 0.0873. The third-order valence-electron chi connectivity index (χ3n) is 3.60. The summed E-state index contributed by atoms with van der Waals surface area (Å²) in [5.41, 5.74) is 2.31. The maximum atomic E-state index is 5.75. The fourth-order valence-corrected chi connectivity index (χ4v) is 3.44. The molecule has 1 heterocycles. The van der Waals surface area contributed by atoms with Crippen LogP contribution < -0.4 is 4.74 Å². The van der Waals surface area contributed by atoms with Crippen molar-refractivity contribution in [3.05, 3.63) is 46.8 Å². The molecule has 3 rings (SSSR count). The van der Waals surface area contributed by atoms with Crippen molar-refractivity contribution in [3.8, 4) is 17.0 Å². The minimum absolute atomic E-state index is 0.0873. The highest BCUT2D eigenvalue weighted by Gasteiger charge is 2.19. The van der Waals surface area contributed by atoms with E-state index >= 15 is 0 Å². The first-order chi connectivity index (χ1) is 10.5. The van der Waals surface area contributed by atoms with Crippen molar-refractivity contribution in [2.24, 2.45) is 0 Å². The third-order valence-corrected chi connectivity index (χ3v) is 4.87. The molecule has 22 heavy (non-hydrogen) atoms. The van der Waals surface area contributed by atoms with Gasteiger partial charge in [-0.05, 0) is 18.4 Å². The number of aromatic nitrogens is 1. The molecule has 3 aromatic rings. The van der Waals surface area contributed by atoms with Crippen molar-refractivity contribution in [2.45, 2.75) is 33.1 Å². The Bertz CT molecular complexity index is 799. The highest BCUT2D eigenvalue weighted by Crippen LogP contribution is 2.36. The van der Waals surface area contributed by atoms with Crippen LogP contribution in [0, 0.1) is 0 Å². The number of hydrogen-bond donors (Lipinski definition) is 0. The van der Waals surface area contributed by atoms with Crippen LogP contribution in [0.1, 0.15) is 32.7 Å². The number of rotatable bonds is 3. The molecule has 0 saturated heterocycles. The van der Waals surface area contributed by atoms with Gasteiger partial charge in [-0.2, -0.15) is 0 Å². The molecule has 0 bridgehead atoms. The van der Waals surface area contributed by atoms with E-state index in [0.29, 0.717) is 6.61 Å². The summed E-state index contributed by atoms with van der Waals surface area (Å²) in [6, 6.07) is 12.5. The Balaban J connectivity index is 2.15. The van der Waals surface area contributed by atoms with Gasteiger partial charge in [0.2, 0.25) is 0 Å². The molecule has 0 aliphatic carbocycles. The highest BCUT2D eigenvalue weighted by atomic mass is 32.1. The molecule has 3 heteroatoms. The van der Waals surface area contributed by atoms with Crippen molar-refractivity contribution in [2.75, 3.05) is 6.61 Å². The Morgan fingerprint density at radius 2 is 1.77 bits per heavy atom. The molecule has 2 nitrogen and oxygen atoms in total. The van der Waals surface area contributed by atoms with Crippen molar-refractivity contribution in [1.82, 2.24) is 4.98 Å². The Hall–Kier alpha value is -1.87. The van der Waals surface area contributed by atoms with Crippen LogP contribution >= 0.6 is 11.3 Å². The van der Waals surface area contributed by atoms with Crippen LogP contribution in [0.25, 0.3) is 22.0 Å². The number of hydrogen-bond acceptors (Lipinski definition) is 3. The smallest absolute Gasteiger partial charge is 0.127 e. The summed E-state index contributed by atoms with van der Waals surface area (Å²) in [6.07, 6.45) is 0. The Kier molecular flexibility index (Phi) is 3.92. The summed E-state index contributed by atoms with van der Waals surface area (Å²) in [5, 5.41) is 5.66. The van der Waals surface area contributed by atoms with Gasteiger partial charge in [0, 0.05) is 21.7 Å². The third kappa shape index (κ3) is 2.73. The predicted molar refractivity (Wildman–Crippen MR) is 94.9 cm³/mol. The van der Waals surface area contributed by atoms with Crippen LogP contribution in [0.5, 0.6) is 5.75 Å². The van der Waals surface area contributed by atoms with Gasteiger partial charge >= 0.3 is 0 Å². The van der Waals surface area contributed by atoms with Gasteiger partial charge in [0.1, 0.15) is 5.75 Å². The first-order valence-electron chi connectivity index (χ1n) is 7.61. The molecular formula is C19H21NOS. The zero-order chi connectivity index (χ0) is 15.7. The van der Waals surface area contributed by atoms with E-state index in [1.807, 2.05) is 19.1 Å². The van der Waals surface area contributed by atoms with E-state index in [1.165, 1.54) is 16.0 Å². The lowest BCUT2D eigenvalue weighted by atomic mass is 9.98. The van der Waals surface area contributed by atoms with Gasteiger partial charge in [0.15, 0.2) is 0 Å². The van der Waals surface area contributed by atoms with E-state index in [2.05, 4.69) is 50.4 Å².